The largest absolute Gasteiger partial charge is 0.491 e. The molecule has 1 aliphatic heterocycles. The number of likely N-dealkylation sites (N-methyl/N-ethyl adjacent to an activating group) is 1. The van der Waals surface area contributed by atoms with Crippen LogP contribution in [0.25, 0.3) is 0 Å². The summed E-state index contributed by atoms with van der Waals surface area (Å²) in [5.74, 6) is -1.38. The quantitative estimate of drug-likeness (QED) is 0.770. The van der Waals surface area contributed by atoms with Gasteiger partial charge in [0, 0.05) is 26.2 Å². The molecular formula is C18H27FN2O4. The summed E-state index contributed by atoms with van der Waals surface area (Å²) < 4.78 is 25.4. The Balaban J connectivity index is 2.17. The van der Waals surface area contributed by atoms with Crippen molar-refractivity contribution < 1.29 is 23.8 Å². The summed E-state index contributed by atoms with van der Waals surface area (Å²) in [6, 6.07) is 3.32. The Hall–Kier alpha value is -1.70. The second-order valence-electron chi connectivity index (χ2n) is 6.49. The van der Waals surface area contributed by atoms with Gasteiger partial charge in [0.2, 0.25) is 0 Å². The average Bonchev–Trinajstić information content (AvgIpc) is 2.56. The van der Waals surface area contributed by atoms with Crippen molar-refractivity contribution >= 4 is 5.97 Å². The molecule has 1 saturated heterocycles. The zero-order valence-electron chi connectivity index (χ0n) is 15.1. The smallest absolute Gasteiger partial charge is 0.325 e. The lowest BCUT2D eigenvalue weighted by Crippen LogP contribution is -2.42. The molecule has 0 amide bonds. The van der Waals surface area contributed by atoms with E-state index in [0.717, 1.165) is 13.1 Å². The normalized spacial score (nSPS) is 17.0. The lowest BCUT2D eigenvalue weighted by molar-refractivity contribution is -0.143. The van der Waals surface area contributed by atoms with Gasteiger partial charge in [-0.15, -0.1) is 0 Å². The van der Waals surface area contributed by atoms with Gasteiger partial charge in [-0.25, -0.2) is 4.39 Å². The summed E-state index contributed by atoms with van der Waals surface area (Å²) in [5, 5.41) is 9.72. The molecule has 1 aliphatic rings. The lowest BCUT2D eigenvalue weighted by Gasteiger charge is -2.31. The standard InChI is InChI=1S/C18H27FN2O4/c1-13(2)25-15-6-4-5-14(19)16(15)17(18(22)23)20(3)7-8-21-9-11-24-12-10-21/h4-6,13,17H,7-12H2,1-3H3,(H,22,23)/t17-/m1/s1. The van der Waals surface area contributed by atoms with Crippen molar-refractivity contribution in [2.24, 2.45) is 0 Å². The molecule has 1 heterocycles. The number of ether oxygens (including phenoxy) is 2. The molecule has 7 heteroatoms. The highest BCUT2D eigenvalue weighted by atomic mass is 19.1. The fraction of sp³-hybridized carbons (Fsp3) is 0.611. The number of nitrogens with zero attached hydrogens (tertiary/aromatic N) is 2. The molecule has 0 aliphatic carbocycles. The first-order valence-electron chi connectivity index (χ1n) is 8.58. The Morgan fingerprint density at radius 1 is 1.40 bits per heavy atom. The number of hydrogen-bond acceptors (Lipinski definition) is 5. The van der Waals surface area contributed by atoms with Gasteiger partial charge in [0.1, 0.15) is 17.6 Å². The van der Waals surface area contributed by atoms with Crippen molar-refractivity contribution in [2.75, 3.05) is 46.4 Å². The third-order valence-corrected chi connectivity index (χ3v) is 4.20. The second kappa shape index (κ2) is 9.12. The minimum Gasteiger partial charge on any atom is -0.491 e. The topological polar surface area (TPSA) is 62.2 Å². The Morgan fingerprint density at radius 2 is 2.08 bits per heavy atom. The Kier molecular flexibility index (Phi) is 7.16. The third kappa shape index (κ3) is 5.39. The lowest BCUT2D eigenvalue weighted by atomic mass is 10.0. The highest BCUT2D eigenvalue weighted by molar-refractivity contribution is 5.76. The predicted molar refractivity (Wildman–Crippen MR) is 92.4 cm³/mol. The van der Waals surface area contributed by atoms with E-state index in [4.69, 9.17) is 9.47 Å². The first kappa shape index (κ1) is 19.6. The van der Waals surface area contributed by atoms with E-state index < -0.39 is 17.8 Å². The SMILES string of the molecule is CC(C)Oc1cccc(F)c1[C@H](C(=O)O)N(C)CCN1CCOCC1. The van der Waals surface area contributed by atoms with Crippen LogP contribution in [0.3, 0.4) is 0 Å². The first-order valence-corrected chi connectivity index (χ1v) is 8.58. The van der Waals surface area contributed by atoms with Crippen LogP contribution in [0.15, 0.2) is 18.2 Å². The van der Waals surface area contributed by atoms with Crippen LogP contribution in [0.4, 0.5) is 4.39 Å². The number of carboxylic acids is 1. The van der Waals surface area contributed by atoms with Gasteiger partial charge in [-0.1, -0.05) is 6.07 Å². The fourth-order valence-electron chi connectivity index (χ4n) is 2.92. The number of hydrogen-bond donors (Lipinski definition) is 1. The highest BCUT2D eigenvalue weighted by Gasteiger charge is 2.31. The summed E-state index contributed by atoms with van der Waals surface area (Å²) in [6.07, 6.45) is -0.173. The van der Waals surface area contributed by atoms with Crippen LogP contribution < -0.4 is 4.74 Å². The Bertz CT molecular complexity index is 576. The van der Waals surface area contributed by atoms with E-state index in [0.29, 0.717) is 26.3 Å². The molecule has 1 aromatic rings. The fourth-order valence-corrected chi connectivity index (χ4v) is 2.92. The van der Waals surface area contributed by atoms with Crippen LogP contribution >= 0.6 is 0 Å². The minimum atomic E-state index is -1.10. The molecule has 1 aromatic carbocycles. The summed E-state index contributed by atoms with van der Waals surface area (Å²) >= 11 is 0. The maximum atomic E-state index is 14.5. The van der Waals surface area contributed by atoms with Gasteiger partial charge in [-0.3, -0.25) is 14.6 Å². The van der Waals surface area contributed by atoms with Gasteiger partial charge in [-0.2, -0.15) is 0 Å². The van der Waals surface area contributed by atoms with Crippen LogP contribution in [0.1, 0.15) is 25.5 Å². The van der Waals surface area contributed by atoms with E-state index in [1.54, 1.807) is 18.0 Å². The van der Waals surface area contributed by atoms with Gasteiger partial charge in [0.15, 0.2) is 0 Å². The van der Waals surface area contributed by atoms with Crippen LogP contribution in [0.2, 0.25) is 0 Å². The second-order valence-corrected chi connectivity index (χ2v) is 6.49. The van der Waals surface area contributed by atoms with Crippen molar-refractivity contribution in [3.8, 4) is 5.75 Å². The zero-order valence-corrected chi connectivity index (χ0v) is 15.1. The van der Waals surface area contributed by atoms with Crippen molar-refractivity contribution in [2.45, 2.75) is 26.0 Å². The van der Waals surface area contributed by atoms with Gasteiger partial charge in [-0.05, 0) is 33.0 Å². The highest BCUT2D eigenvalue weighted by Crippen LogP contribution is 2.32. The molecule has 0 unspecified atom stereocenters. The van der Waals surface area contributed by atoms with Gasteiger partial charge in [0.05, 0.1) is 24.9 Å². The number of morpholine rings is 1. The number of benzene rings is 1. The van der Waals surface area contributed by atoms with E-state index in [9.17, 15) is 14.3 Å². The molecule has 1 atom stereocenters. The van der Waals surface area contributed by atoms with Gasteiger partial charge >= 0.3 is 5.97 Å². The monoisotopic (exact) mass is 354 g/mol. The molecule has 1 N–H and O–H groups in total. The number of rotatable bonds is 8. The van der Waals surface area contributed by atoms with Crippen molar-refractivity contribution in [1.82, 2.24) is 9.80 Å². The van der Waals surface area contributed by atoms with Crippen LogP contribution in [0, 0.1) is 5.82 Å². The maximum absolute atomic E-state index is 14.5. The number of halogens is 1. The average molecular weight is 354 g/mol. The zero-order chi connectivity index (χ0) is 18.4. The van der Waals surface area contributed by atoms with E-state index in [1.165, 1.54) is 12.1 Å². The predicted octanol–water partition coefficient (Wildman–Crippen LogP) is 2.00. The third-order valence-electron chi connectivity index (χ3n) is 4.20. The van der Waals surface area contributed by atoms with E-state index in [1.807, 2.05) is 13.8 Å². The Labute approximate surface area is 148 Å². The minimum absolute atomic E-state index is 0.0770. The van der Waals surface area contributed by atoms with Crippen molar-refractivity contribution in [3.05, 3.63) is 29.6 Å². The van der Waals surface area contributed by atoms with Crippen LogP contribution in [-0.4, -0.2) is 73.4 Å². The molecule has 6 nitrogen and oxygen atoms in total. The molecule has 2 rings (SSSR count). The maximum Gasteiger partial charge on any atom is 0.325 e. The molecule has 1 fully saturated rings. The number of carbonyl (C=O) groups is 1. The van der Waals surface area contributed by atoms with Gasteiger partial charge < -0.3 is 14.6 Å². The number of aliphatic carboxylic acids is 1. The molecule has 0 bridgehead atoms. The summed E-state index contributed by atoms with van der Waals surface area (Å²) in [6.45, 7) is 7.89. The van der Waals surface area contributed by atoms with Crippen molar-refractivity contribution in [1.29, 1.82) is 0 Å². The van der Waals surface area contributed by atoms with Gasteiger partial charge in [0.25, 0.3) is 0 Å². The van der Waals surface area contributed by atoms with E-state index in [2.05, 4.69) is 4.90 Å². The molecule has 140 valence electrons. The molecule has 0 spiro atoms. The summed E-state index contributed by atoms with van der Waals surface area (Å²) in [4.78, 5) is 15.8. The Morgan fingerprint density at radius 3 is 2.68 bits per heavy atom. The molecular weight excluding hydrogens is 327 g/mol. The first-order chi connectivity index (χ1) is 11.9. The van der Waals surface area contributed by atoms with Crippen LogP contribution in [0.5, 0.6) is 5.75 Å². The van der Waals surface area contributed by atoms with Crippen molar-refractivity contribution in [3.63, 3.8) is 0 Å². The molecule has 25 heavy (non-hydrogen) atoms. The van der Waals surface area contributed by atoms with E-state index in [-0.39, 0.29) is 17.4 Å². The number of carboxylic acid groups (broad SMARTS) is 1. The molecule has 0 saturated carbocycles. The molecule has 0 radical (unpaired) electrons. The molecule has 0 aromatic heterocycles. The van der Waals surface area contributed by atoms with Crippen LogP contribution in [-0.2, 0) is 9.53 Å². The summed E-state index contributed by atoms with van der Waals surface area (Å²) in [5.41, 5.74) is 0.0770. The van der Waals surface area contributed by atoms with E-state index >= 15 is 0 Å². The summed E-state index contributed by atoms with van der Waals surface area (Å²) in [7, 11) is 1.70.